The third-order valence-electron chi connectivity index (χ3n) is 4.69. The molecule has 0 rings (SSSR count). The molecular weight excluding hydrogens is 236 g/mol. The maximum absolute atomic E-state index is 11.4. The summed E-state index contributed by atoms with van der Waals surface area (Å²) in [5, 5.41) is 0. The molecule has 0 radical (unpaired) electrons. The lowest BCUT2D eigenvalue weighted by molar-refractivity contribution is -0.122. The number of carbonyl (C=O) groups is 2. The number of rotatable bonds is 10. The normalized spacial score (nSPS) is 17.6. The summed E-state index contributed by atoms with van der Waals surface area (Å²) in [7, 11) is 0. The van der Waals surface area contributed by atoms with E-state index in [1.54, 1.807) is 13.8 Å². The van der Waals surface area contributed by atoms with Crippen LogP contribution in [0.25, 0.3) is 0 Å². The summed E-state index contributed by atoms with van der Waals surface area (Å²) in [6.45, 7) is 11.9. The van der Waals surface area contributed by atoms with Crippen molar-refractivity contribution in [3.8, 4) is 0 Å². The molecule has 0 N–H and O–H groups in total. The highest BCUT2D eigenvalue weighted by atomic mass is 16.1. The molecular formula is C17H32O2. The van der Waals surface area contributed by atoms with E-state index in [2.05, 4.69) is 20.8 Å². The molecule has 0 saturated heterocycles. The zero-order valence-corrected chi connectivity index (χ0v) is 13.7. The van der Waals surface area contributed by atoms with Gasteiger partial charge in [-0.25, -0.2) is 0 Å². The fourth-order valence-electron chi connectivity index (χ4n) is 2.52. The highest BCUT2D eigenvalue weighted by Crippen LogP contribution is 2.26. The average Bonchev–Trinajstić information content (AvgIpc) is 2.35. The molecule has 0 saturated carbocycles. The van der Waals surface area contributed by atoms with E-state index in [0.29, 0.717) is 23.4 Å². The van der Waals surface area contributed by atoms with Gasteiger partial charge < -0.3 is 0 Å². The van der Waals surface area contributed by atoms with Gasteiger partial charge in [-0.2, -0.15) is 0 Å². The molecule has 112 valence electrons. The third kappa shape index (κ3) is 7.49. The van der Waals surface area contributed by atoms with Crippen LogP contribution < -0.4 is 0 Å². The van der Waals surface area contributed by atoms with Gasteiger partial charge in [0, 0.05) is 11.8 Å². The summed E-state index contributed by atoms with van der Waals surface area (Å²) in [6, 6.07) is 0. The highest BCUT2D eigenvalue weighted by Gasteiger charge is 2.20. The lowest BCUT2D eigenvalue weighted by atomic mass is 9.82. The van der Waals surface area contributed by atoms with Crippen LogP contribution in [0.2, 0.25) is 0 Å². The van der Waals surface area contributed by atoms with Crippen LogP contribution in [0.15, 0.2) is 0 Å². The first kappa shape index (κ1) is 18.3. The van der Waals surface area contributed by atoms with Crippen molar-refractivity contribution in [1.29, 1.82) is 0 Å². The second-order valence-corrected chi connectivity index (χ2v) is 6.34. The summed E-state index contributed by atoms with van der Waals surface area (Å²) in [4.78, 5) is 22.6. The minimum absolute atomic E-state index is 0.188. The minimum Gasteiger partial charge on any atom is -0.300 e. The Kier molecular flexibility index (Phi) is 8.95. The Balaban J connectivity index is 4.03. The summed E-state index contributed by atoms with van der Waals surface area (Å²) in [5.41, 5.74) is 0. The molecule has 0 aromatic rings. The minimum atomic E-state index is 0.188. The van der Waals surface area contributed by atoms with E-state index in [9.17, 15) is 9.59 Å². The fourth-order valence-corrected chi connectivity index (χ4v) is 2.52. The molecule has 0 aromatic carbocycles. The van der Waals surface area contributed by atoms with Crippen molar-refractivity contribution >= 4 is 11.6 Å². The zero-order chi connectivity index (χ0) is 15.0. The van der Waals surface area contributed by atoms with Crippen molar-refractivity contribution in [2.24, 2.45) is 23.7 Å². The van der Waals surface area contributed by atoms with E-state index < -0.39 is 0 Å². The molecule has 3 unspecified atom stereocenters. The van der Waals surface area contributed by atoms with Gasteiger partial charge >= 0.3 is 0 Å². The van der Waals surface area contributed by atoms with Crippen LogP contribution in [0.5, 0.6) is 0 Å². The van der Waals surface area contributed by atoms with Crippen LogP contribution in [-0.4, -0.2) is 11.6 Å². The van der Waals surface area contributed by atoms with Crippen molar-refractivity contribution in [2.75, 3.05) is 0 Å². The molecule has 0 aliphatic carbocycles. The first-order valence-corrected chi connectivity index (χ1v) is 7.80. The van der Waals surface area contributed by atoms with Crippen LogP contribution in [0.3, 0.4) is 0 Å². The fraction of sp³-hybridized carbons (Fsp3) is 0.882. The third-order valence-corrected chi connectivity index (χ3v) is 4.69. The Labute approximate surface area is 119 Å². The van der Waals surface area contributed by atoms with Crippen LogP contribution in [0.1, 0.15) is 73.6 Å². The van der Waals surface area contributed by atoms with Crippen molar-refractivity contribution in [3.63, 3.8) is 0 Å². The molecule has 0 aliphatic heterocycles. The van der Waals surface area contributed by atoms with E-state index in [0.717, 1.165) is 25.7 Å². The number of Topliss-reactive ketones (excluding diaryl/α,β-unsaturated/α-hetero) is 2. The van der Waals surface area contributed by atoms with Gasteiger partial charge in [0.15, 0.2) is 0 Å². The van der Waals surface area contributed by atoms with E-state index in [1.807, 2.05) is 6.92 Å². The van der Waals surface area contributed by atoms with Crippen molar-refractivity contribution in [2.45, 2.75) is 73.6 Å². The molecule has 2 heteroatoms. The van der Waals surface area contributed by atoms with E-state index in [-0.39, 0.29) is 11.8 Å². The standard InChI is InChI=1S/C17H32O2/c1-7-17(14(4)16(6)19)11-9-12(2)8-10-13(3)15(5)18/h12-14,17H,7-11H2,1-6H3/t12?,13-,14?,17?/m0/s1. The quantitative estimate of drug-likeness (QED) is 0.577. The Morgan fingerprint density at radius 1 is 0.842 bits per heavy atom. The van der Waals surface area contributed by atoms with Gasteiger partial charge in [0.2, 0.25) is 0 Å². The monoisotopic (exact) mass is 268 g/mol. The maximum atomic E-state index is 11.4. The number of ketones is 2. The molecule has 4 atom stereocenters. The van der Waals surface area contributed by atoms with E-state index >= 15 is 0 Å². The predicted molar refractivity (Wildman–Crippen MR) is 81.1 cm³/mol. The first-order chi connectivity index (χ1) is 8.79. The van der Waals surface area contributed by atoms with Crippen molar-refractivity contribution in [1.82, 2.24) is 0 Å². The molecule has 0 aliphatic rings. The highest BCUT2D eigenvalue weighted by molar-refractivity contribution is 5.78. The Bertz CT molecular complexity index is 283. The van der Waals surface area contributed by atoms with Crippen LogP contribution in [-0.2, 0) is 9.59 Å². The van der Waals surface area contributed by atoms with Gasteiger partial charge in [-0.05, 0) is 38.5 Å². The molecule has 0 fully saturated rings. The summed E-state index contributed by atoms with van der Waals surface area (Å²) >= 11 is 0. The largest absolute Gasteiger partial charge is 0.300 e. The molecule has 0 heterocycles. The average molecular weight is 268 g/mol. The van der Waals surface area contributed by atoms with Gasteiger partial charge in [0.05, 0.1) is 0 Å². The smallest absolute Gasteiger partial charge is 0.132 e. The second kappa shape index (κ2) is 9.28. The Morgan fingerprint density at radius 3 is 1.79 bits per heavy atom. The van der Waals surface area contributed by atoms with Gasteiger partial charge in [0.25, 0.3) is 0 Å². The van der Waals surface area contributed by atoms with Crippen LogP contribution in [0, 0.1) is 23.7 Å². The molecule has 0 amide bonds. The van der Waals surface area contributed by atoms with Gasteiger partial charge in [-0.15, -0.1) is 0 Å². The second-order valence-electron chi connectivity index (χ2n) is 6.34. The summed E-state index contributed by atoms with van der Waals surface area (Å²) in [5.74, 6) is 2.16. The SMILES string of the molecule is CCC(CCC(C)CC[C@H](C)C(C)=O)C(C)C(C)=O. The van der Waals surface area contributed by atoms with Crippen molar-refractivity contribution in [3.05, 3.63) is 0 Å². The van der Waals surface area contributed by atoms with Crippen LogP contribution in [0.4, 0.5) is 0 Å². The number of hydrogen-bond acceptors (Lipinski definition) is 2. The molecule has 0 bridgehead atoms. The van der Waals surface area contributed by atoms with E-state index in [1.165, 1.54) is 6.42 Å². The van der Waals surface area contributed by atoms with Gasteiger partial charge in [0.1, 0.15) is 11.6 Å². The molecule has 19 heavy (non-hydrogen) atoms. The van der Waals surface area contributed by atoms with Gasteiger partial charge in [-0.1, -0.05) is 47.0 Å². The summed E-state index contributed by atoms with van der Waals surface area (Å²) in [6.07, 6.45) is 5.49. The van der Waals surface area contributed by atoms with Gasteiger partial charge in [-0.3, -0.25) is 9.59 Å². The first-order valence-electron chi connectivity index (χ1n) is 7.80. The van der Waals surface area contributed by atoms with E-state index in [4.69, 9.17) is 0 Å². The zero-order valence-electron chi connectivity index (χ0n) is 13.7. The molecule has 2 nitrogen and oxygen atoms in total. The Hall–Kier alpha value is -0.660. The van der Waals surface area contributed by atoms with Crippen molar-refractivity contribution < 1.29 is 9.59 Å². The molecule has 0 aromatic heterocycles. The topological polar surface area (TPSA) is 34.1 Å². The summed E-state index contributed by atoms with van der Waals surface area (Å²) < 4.78 is 0. The molecule has 0 spiro atoms. The maximum Gasteiger partial charge on any atom is 0.132 e. The predicted octanol–water partition coefficient (Wildman–Crippen LogP) is 4.66. The lowest BCUT2D eigenvalue weighted by Gasteiger charge is -2.22. The Morgan fingerprint density at radius 2 is 1.37 bits per heavy atom. The number of hydrogen-bond donors (Lipinski definition) is 0. The lowest BCUT2D eigenvalue weighted by Crippen LogP contribution is -2.19. The number of carbonyl (C=O) groups excluding carboxylic acids is 2. The van der Waals surface area contributed by atoms with Crippen LogP contribution >= 0.6 is 0 Å².